The van der Waals surface area contributed by atoms with Gasteiger partial charge in [0, 0.05) is 12.3 Å². The molecule has 0 aliphatic heterocycles. The van der Waals surface area contributed by atoms with Gasteiger partial charge in [0.25, 0.3) is 0 Å². The summed E-state index contributed by atoms with van der Waals surface area (Å²) >= 11 is 0. The van der Waals surface area contributed by atoms with Crippen LogP contribution in [0.4, 0.5) is 0 Å². The van der Waals surface area contributed by atoms with Crippen LogP contribution < -0.4 is 4.74 Å². The summed E-state index contributed by atoms with van der Waals surface area (Å²) in [5, 5.41) is 0. The minimum atomic E-state index is 0.266. The van der Waals surface area contributed by atoms with E-state index in [-0.39, 0.29) is 5.92 Å². The quantitative estimate of drug-likeness (QED) is 0.753. The van der Waals surface area contributed by atoms with Gasteiger partial charge in [-0.2, -0.15) is 0 Å². The van der Waals surface area contributed by atoms with E-state index in [1.54, 1.807) is 7.11 Å². The smallest absolute Gasteiger partial charge is 0.136 e. The lowest BCUT2D eigenvalue weighted by atomic mass is 10.1. The van der Waals surface area contributed by atoms with Crippen LogP contribution in [0.2, 0.25) is 0 Å². The van der Waals surface area contributed by atoms with Gasteiger partial charge in [-0.15, -0.1) is 0 Å². The zero-order chi connectivity index (χ0) is 10.8. The fourth-order valence-corrected chi connectivity index (χ4v) is 2.05. The summed E-state index contributed by atoms with van der Waals surface area (Å²) in [4.78, 5) is 11.5. The van der Waals surface area contributed by atoms with E-state index in [4.69, 9.17) is 4.74 Å². The lowest BCUT2D eigenvalue weighted by Gasteiger charge is -2.03. The third-order valence-corrected chi connectivity index (χ3v) is 3.07. The first-order valence-electron chi connectivity index (χ1n) is 5.43. The molecule has 15 heavy (non-hydrogen) atoms. The summed E-state index contributed by atoms with van der Waals surface area (Å²) in [5.41, 5.74) is 1.24. The highest BCUT2D eigenvalue weighted by molar-refractivity contribution is 5.84. The van der Waals surface area contributed by atoms with Crippen molar-refractivity contribution >= 4 is 5.78 Å². The van der Waals surface area contributed by atoms with Gasteiger partial charge in [0.05, 0.1) is 7.11 Å². The van der Waals surface area contributed by atoms with Gasteiger partial charge in [-0.05, 0) is 30.0 Å². The van der Waals surface area contributed by atoms with Crippen LogP contribution in [-0.4, -0.2) is 12.9 Å². The number of benzene rings is 1. The van der Waals surface area contributed by atoms with Crippen molar-refractivity contribution in [3.63, 3.8) is 0 Å². The maximum atomic E-state index is 11.5. The summed E-state index contributed by atoms with van der Waals surface area (Å²) in [6.45, 7) is 1.93. The van der Waals surface area contributed by atoms with Crippen molar-refractivity contribution in [3.05, 3.63) is 29.8 Å². The molecule has 2 nitrogen and oxygen atoms in total. The van der Waals surface area contributed by atoms with E-state index in [1.165, 1.54) is 5.56 Å². The molecule has 0 saturated heterocycles. The Labute approximate surface area is 90.3 Å². The van der Waals surface area contributed by atoms with E-state index in [0.29, 0.717) is 18.1 Å². The second-order valence-corrected chi connectivity index (χ2v) is 4.05. The molecule has 0 aromatic heterocycles. The molecule has 0 bridgehead atoms. The highest BCUT2D eigenvalue weighted by Gasteiger charge is 2.42. The van der Waals surface area contributed by atoms with Gasteiger partial charge in [0.1, 0.15) is 11.5 Å². The molecule has 0 spiro atoms. The van der Waals surface area contributed by atoms with Gasteiger partial charge in [-0.3, -0.25) is 4.79 Å². The molecule has 0 N–H and O–H groups in total. The minimum Gasteiger partial charge on any atom is -0.497 e. The summed E-state index contributed by atoms with van der Waals surface area (Å²) in [6.07, 6.45) is 1.67. The first-order valence-corrected chi connectivity index (χ1v) is 5.43. The number of ether oxygens (including phenoxy) is 1. The molecular formula is C13H16O2. The Balaban J connectivity index is 2.09. The molecule has 1 fully saturated rings. The highest BCUT2D eigenvalue weighted by atomic mass is 16.5. The van der Waals surface area contributed by atoms with E-state index < -0.39 is 0 Å². The maximum absolute atomic E-state index is 11.5. The molecule has 0 heterocycles. The normalized spacial score (nSPS) is 23.6. The van der Waals surface area contributed by atoms with Crippen LogP contribution in [0.15, 0.2) is 24.3 Å². The first kappa shape index (κ1) is 10.2. The molecule has 1 aliphatic carbocycles. The summed E-state index contributed by atoms with van der Waals surface area (Å²) in [6, 6.07) is 8.03. The number of methoxy groups -OCH3 is 1. The van der Waals surface area contributed by atoms with Crippen molar-refractivity contribution < 1.29 is 9.53 Å². The standard InChI is InChI=1S/C13H16O2/c1-3-13(14)12-8-11(12)9-5-4-6-10(7-9)15-2/h4-7,11-12H,3,8H2,1-2H3. The van der Waals surface area contributed by atoms with Gasteiger partial charge in [-0.25, -0.2) is 0 Å². The highest BCUT2D eigenvalue weighted by Crippen LogP contribution is 2.48. The number of Topliss-reactive ketones (excluding diaryl/α,β-unsaturated/α-hetero) is 1. The predicted molar refractivity (Wildman–Crippen MR) is 59.1 cm³/mol. The molecule has 0 radical (unpaired) electrons. The fraction of sp³-hybridized carbons (Fsp3) is 0.462. The van der Waals surface area contributed by atoms with Crippen LogP contribution in [-0.2, 0) is 4.79 Å². The Morgan fingerprint density at radius 2 is 2.33 bits per heavy atom. The van der Waals surface area contributed by atoms with Gasteiger partial charge in [0.15, 0.2) is 0 Å². The number of carbonyl (C=O) groups is 1. The van der Waals surface area contributed by atoms with Gasteiger partial charge in [0.2, 0.25) is 0 Å². The Morgan fingerprint density at radius 3 is 3.00 bits per heavy atom. The largest absolute Gasteiger partial charge is 0.497 e. The maximum Gasteiger partial charge on any atom is 0.136 e. The lowest BCUT2D eigenvalue weighted by Crippen LogP contribution is -1.99. The van der Waals surface area contributed by atoms with Crippen molar-refractivity contribution in [1.82, 2.24) is 0 Å². The Hall–Kier alpha value is -1.31. The topological polar surface area (TPSA) is 26.3 Å². The molecule has 1 aliphatic rings. The van der Waals surface area contributed by atoms with Crippen molar-refractivity contribution in [2.75, 3.05) is 7.11 Å². The third kappa shape index (κ3) is 2.04. The van der Waals surface area contributed by atoms with Crippen LogP contribution in [0.1, 0.15) is 31.2 Å². The Morgan fingerprint density at radius 1 is 1.53 bits per heavy atom. The summed E-state index contributed by atoms with van der Waals surface area (Å²) in [7, 11) is 1.67. The zero-order valence-electron chi connectivity index (χ0n) is 9.19. The van der Waals surface area contributed by atoms with Gasteiger partial charge < -0.3 is 4.74 Å². The first-order chi connectivity index (χ1) is 7.26. The number of carbonyl (C=O) groups excluding carboxylic acids is 1. The zero-order valence-corrected chi connectivity index (χ0v) is 9.19. The van der Waals surface area contributed by atoms with E-state index >= 15 is 0 Å². The van der Waals surface area contributed by atoms with Crippen molar-refractivity contribution in [2.24, 2.45) is 5.92 Å². The molecule has 2 heteroatoms. The SMILES string of the molecule is CCC(=O)C1CC1c1cccc(OC)c1. The van der Waals surface area contributed by atoms with Crippen molar-refractivity contribution in [2.45, 2.75) is 25.7 Å². The molecular weight excluding hydrogens is 188 g/mol. The molecule has 0 amide bonds. The number of hydrogen-bond donors (Lipinski definition) is 0. The minimum absolute atomic E-state index is 0.266. The second-order valence-electron chi connectivity index (χ2n) is 4.05. The molecule has 2 rings (SSSR count). The van der Waals surface area contributed by atoms with Crippen LogP contribution in [0.3, 0.4) is 0 Å². The molecule has 1 aromatic rings. The van der Waals surface area contributed by atoms with Gasteiger partial charge >= 0.3 is 0 Å². The Kier molecular flexibility index (Phi) is 2.76. The summed E-state index contributed by atoms with van der Waals surface area (Å²) in [5.74, 6) is 1.97. The van der Waals surface area contributed by atoms with Crippen LogP contribution in [0.5, 0.6) is 5.75 Å². The van der Waals surface area contributed by atoms with Crippen molar-refractivity contribution in [1.29, 1.82) is 0 Å². The number of ketones is 1. The van der Waals surface area contributed by atoms with Crippen LogP contribution >= 0.6 is 0 Å². The van der Waals surface area contributed by atoms with E-state index in [9.17, 15) is 4.79 Å². The molecule has 1 saturated carbocycles. The van der Waals surface area contributed by atoms with Crippen molar-refractivity contribution in [3.8, 4) is 5.75 Å². The predicted octanol–water partition coefficient (Wildman–Crippen LogP) is 2.78. The monoisotopic (exact) mass is 204 g/mol. The average Bonchev–Trinajstić information content (AvgIpc) is 3.08. The number of rotatable bonds is 4. The second kappa shape index (κ2) is 4.05. The molecule has 1 aromatic carbocycles. The van der Waals surface area contributed by atoms with E-state index in [2.05, 4.69) is 6.07 Å². The third-order valence-electron chi connectivity index (χ3n) is 3.07. The van der Waals surface area contributed by atoms with E-state index in [0.717, 1.165) is 12.2 Å². The average molecular weight is 204 g/mol. The number of hydrogen-bond acceptors (Lipinski definition) is 2. The van der Waals surface area contributed by atoms with Crippen LogP contribution in [0, 0.1) is 5.92 Å². The molecule has 80 valence electrons. The van der Waals surface area contributed by atoms with Crippen LogP contribution in [0.25, 0.3) is 0 Å². The Bertz CT molecular complexity index is 371. The molecule has 2 unspecified atom stereocenters. The molecule has 2 atom stereocenters. The van der Waals surface area contributed by atoms with E-state index in [1.807, 2.05) is 25.1 Å². The van der Waals surface area contributed by atoms with Gasteiger partial charge in [-0.1, -0.05) is 19.1 Å². The lowest BCUT2D eigenvalue weighted by molar-refractivity contribution is -0.120. The summed E-state index contributed by atoms with van der Waals surface area (Å²) < 4.78 is 5.17. The fourth-order valence-electron chi connectivity index (χ4n) is 2.05.